The monoisotopic (exact) mass is 409 g/mol. The van der Waals surface area contributed by atoms with Gasteiger partial charge < -0.3 is 15.5 Å². The van der Waals surface area contributed by atoms with E-state index in [1.165, 1.54) is 0 Å². The Morgan fingerprint density at radius 1 is 0.931 bits per heavy atom. The number of hydrogen-bond acceptors (Lipinski definition) is 5. The smallest absolute Gasteiger partial charge is 0.225 e. The van der Waals surface area contributed by atoms with Crippen LogP contribution in [0.5, 0.6) is 0 Å². The van der Waals surface area contributed by atoms with Gasteiger partial charge in [-0.25, -0.2) is 4.98 Å². The van der Waals surface area contributed by atoms with Crippen molar-refractivity contribution in [1.29, 1.82) is 0 Å². The molecule has 2 aromatic carbocycles. The van der Waals surface area contributed by atoms with Crippen molar-refractivity contribution in [3.05, 3.63) is 59.1 Å². The lowest BCUT2D eigenvalue weighted by Gasteiger charge is -2.30. The molecule has 1 fully saturated rings. The van der Waals surface area contributed by atoms with Gasteiger partial charge in [0, 0.05) is 43.1 Å². The molecule has 2 N–H and O–H groups in total. The van der Waals surface area contributed by atoms with Crippen LogP contribution in [0.3, 0.4) is 0 Å². The zero-order valence-electron chi connectivity index (χ0n) is 17.0. The van der Waals surface area contributed by atoms with Gasteiger partial charge in [0.15, 0.2) is 0 Å². The van der Waals surface area contributed by atoms with Crippen molar-refractivity contribution in [1.82, 2.24) is 15.3 Å². The maximum Gasteiger partial charge on any atom is 0.225 e. The van der Waals surface area contributed by atoms with Gasteiger partial charge in [0.05, 0.1) is 5.52 Å². The van der Waals surface area contributed by atoms with Crippen LogP contribution in [0, 0.1) is 0 Å². The van der Waals surface area contributed by atoms with Gasteiger partial charge in [-0.05, 0) is 49.4 Å². The molecule has 3 aromatic rings. The molecule has 6 heteroatoms. The summed E-state index contributed by atoms with van der Waals surface area (Å²) in [6.45, 7) is 0.822. The summed E-state index contributed by atoms with van der Waals surface area (Å²) in [7, 11) is 4.04. The summed E-state index contributed by atoms with van der Waals surface area (Å²) in [5, 5.41) is 9.15. The minimum absolute atomic E-state index is 0.407. The number of nitrogens with one attached hydrogen (secondary N) is 2. The summed E-state index contributed by atoms with van der Waals surface area (Å²) >= 11 is 6.26. The Kier molecular flexibility index (Phi) is 6.16. The van der Waals surface area contributed by atoms with Crippen molar-refractivity contribution in [3.8, 4) is 0 Å². The van der Waals surface area contributed by atoms with E-state index in [1.807, 2.05) is 55.4 Å². The van der Waals surface area contributed by atoms with Crippen LogP contribution in [0.4, 0.5) is 11.8 Å². The maximum absolute atomic E-state index is 6.26. The van der Waals surface area contributed by atoms with Gasteiger partial charge in [-0.15, -0.1) is 0 Å². The lowest BCUT2D eigenvalue weighted by molar-refractivity contribution is 0.352. The number of aromatic nitrogens is 2. The van der Waals surface area contributed by atoms with Gasteiger partial charge in [-0.1, -0.05) is 41.9 Å². The third-order valence-electron chi connectivity index (χ3n) is 5.61. The number of halogens is 1. The Bertz CT molecular complexity index is 966. The summed E-state index contributed by atoms with van der Waals surface area (Å²) in [5.41, 5.74) is 2.14. The van der Waals surface area contributed by atoms with E-state index in [2.05, 4.69) is 22.8 Å². The lowest BCUT2D eigenvalue weighted by atomic mass is 9.91. The van der Waals surface area contributed by atoms with Crippen molar-refractivity contribution in [2.45, 2.75) is 44.3 Å². The number of rotatable bonds is 6. The fourth-order valence-corrected chi connectivity index (χ4v) is 4.19. The normalized spacial score (nSPS) is 19.3. The first-order chi connectivity index (χ1) is 14.1. The van der Waals surface area contributed by atoms with Crippen LogP contribution in [0.2, 0.25) is 5.02 Å². The molecule has 1 aliphatic carbocycles. The standard InChI is InChI=1S/C23H28ClN5/c1-29(2)22-19-8-4-6-10-21(19)27-23(28-22)26-18-13-11-17(12-14-18)25-15-16-7-3-5-9-20(16)24/h3-10,17-18,25H,11-15H2,1-2H3,(H,26,27,28)/t17-,18+. The summed E-state index contributed by atoms with van der Waals surface area (Å²) in [5.74, 6) is 1.67. The quantitative estimate of drug-likeness (QED) is 0.608. The molecular formula is C23H28ClN5. The highest BCUT2D eigenvalue weighted by Crippen LogP contribution is 2.26. The molecule has 0 aliphatic heterocycles. The molecule has 0 saturated heterocycles. The van der Waals surface area contributed by atoms with E-state index in [9.17, 15) is 0 Å². The second kappa shape index (κ2) is 8.97. The van der Waals surface area contributed by atoms with E-state index >= 15 is 0 Å². The van der Waals surface area contributed by atoms with Crippen molar-refractivity contribution in [2.24, 2.45) is 0 Å². The largest absolute Gasteiger partial charge is 0.362 e. The Hall–Kier alpha value is -2.37. The second-order valence-corrected chi connectivity index (χ2v) is 8.35. The number of benzene rings is 2. The number of para-hydroxylation sites is 1. The molecule has 1 heterocycles. The van der Waals surface area contributed by atoms with Crippen LogP contribution in [0.1, 0.15) is 31.2 Å². The van der Waals surface area contributed by atoms with E-state index in [-0.39, 0.29) is 0 Å². The lowest BCUT2D eigenvalue weighted by Crippen LogP contribution is -2.37. The molecule has 0 atom stereocenters. The minimum atomic E-state index is 0.407. The minimum Gasteiger partial charge on any atom is -0.362 e. The van der Waals surface area contributed by atoms with Gasteiger partial charge in [-0.2, -0.15) is 4.98 Å². The highest BCUT2D eigenvalue weighted by molar-refractivity contribution is 6.31. The molecule has 0 unspecified atom stereocenters. The molecule has 152 valence electrons. The highest BCUT2D eigenvalue weighted by atomic mass is 35.5. The molecule has 1 aliphatic rings. The number of nitrogens with zero attached hydrogens (tertiary/aromatic N) is 3. The fraction of sp³-hybridized carbons (Fsp3) is 0.391. The Morgan fingerprint density at radius 2 is 1.62 bits per heavy atom. The molecule has 1 saturated carbocycles. The third kappa shape index (κ3) is 4.80. The van der Waals surface area contributed by atoms with Crippen LogP contribution < -0.4 is 15.5 Å². The van der Waals surface area contributed by atoms with Crippen LogP contribution >= 0.6 is 11.6 Å². The van der Waals surface area contributed by atoms with Gasteiger partial charge in [-0.3, -0.25) is 0 Å². The topological polar surface area (TPSA) is 53.1 Å². The molecule has 1 aromatic heterocycles. The first-order valence-corrected chi connectivity index (χ1v) is 10.7. The van der Waals surface area contributed by atoms with Gasteiger partial charge in [0.2, 0.25) is 5.95 Å². The second-order valence-electron chi connectivity index (χ2n) is 7.95. The molecule has 0 radical (unpaired) electrons. The van der Waals surface area contributed by atoms with Crippen molar-refractivity contribution in [2.75, 3.05) is 24.3 Å². The molecule has 0 spiro atoms. The molecule has 0 bridgehead atoms. The SMILES string of the molecule is CN(C)c1nc(N[C@H]2CC[C@@H](NCc3ccccc3Cl)CC2)nc2ccccc12. The number of anilines is 2. The molecule has 0 amide bonds. The zero-order chi connectivity index (χ0) is 20.2. The maximum atomic E-state index is 6.26. The first kappa shape index (κ1) is 19.9. The van der Waals surface area contributed by atoms with Gasteiger partial charge >= 0.3 is 0 Å². The third-order valence-corrected chi connectivity index (χ3v) is 5.97. The van der Waals surface area contributed by atoms with E-state index in [1.54, 1.807) is 0 Å². The summed E-state index contributed by atoms with van der Waals surface area (Å²) < 4.78 is 0. The van der Waals surface area contributed by atoms with Crippen molar-refractivity contribution < 1.29 is 0 Å². The fourth-order valence-electron chi connectivity index (χ4n) is 3.99. The number of hydrogen-bond donors (Lipinski definition) is 2. The predicted molar refractivity (Wildman–Crippen MR) is 122 cm³/mol. The zero-order valence-corrected chi connectivity index (χ0v) is 17.8. The molecule has 4 rings (SSSR count). The summed E-state index contributed by atoms with van der Waals surface area (Å²) in [4.78, 5) is 11.6. The van der Waals surface area contributed by atoms with Gasteiger partial charge in [0.25, 0.3) is 0 Å². The van der Waals surface area contributed by atoms with Crippen molar-refractivity contribution >= 4 is 34.3 Å². The van der Waals surface area contributed by atoms with Crippen molar-refractivity contribution in [3.63, 3.8) is 0 Å². The highest BCUT2D eigenvalue weighted by Gasteiger charge is 2.22. The van der Waals surface area contributed by atoms with Crippen LogP contribution in [0.15, 0.2) is 48.5 Å². The number of fused-ring (bicyclic) bond motifs is 1. The first-order valence-electron chi connectivity index (χ1n) is 10.3. The Labute approximate surface area is 177 Å². The Morgan fingerprint density at radius 3 is 2.38 bits per heavy atom. The van der Waals surface area contributed by atoms with E-state index in [4.69, 9.17) is 21.6 Å². The average Bonchev–Trinajstić information content (AvgIpc) is 2.73. The van der Waals surface area contributed by atoms with Crippen LogP contribution in [0.25, 0.3) is 10.9 Å². The van der Waals surface area contributed by atoms with Crippen LogP contribution in [-0.2, 0) is 6.54 Å². The predicted octanol–water partition coefficient (Wildman–Crippen LogP) is 4.86. The summed E-state index contributed by atoms with van der Waals surface area (Å²) in [6.07, 6.45) is 4.48. The van der Waals surface area contributed by atoms with E-state index in [0.717, 1.165) is 65.5 Å². The Balaban J connectivity index is 1.35. The van der Waals surface area contributed by atoms with E-state index < -0.39 is 0 Å². The molecular weight excluding hydrogens is 382 g/mol. The van der Waals surface area contributed by atoms with Gasteiger partial charge in [0.1, 0.15) is 5.82 Å². The van der Waals surface area contributed by atoms with E-state index in [0.29, 0.717) is 12.1 Å². The van der Waals surface area contributed by atoms with Crippen LogP contribution in [-0.4, -0.2) is 36.1 Å². The summed E-state index contributed by atoms with van der Waals surface area (Å²) in [6, 6.07) is 17.1. The molecule has 5 nitrogen and oxygen atoms in total. The average molecular weight is 410 g/mol. The molecule has 29 heavy (non-hydrogen) atoms.